The average molecular weight is 361 g/mol. The van der Waals surface area contributed by atoms with Gasteiger partial charge in [-0.3, -0.25) is 14.5 Å². The summed E-state index contributed by atoms with van der Waals surface area (Å²) in [5.74, 6) is -1.46. The molecule has 2 aromatic rings. The van der Waals surface area contributed by atoms with E-state index in [-0.39, 0.29) is 6.54 Å². The second-order valence-electron chi connectivity index (χ2n) is 5.83. The maximum atomic E-state index is 13.5. The Hall–Kier alpha value is -2.74. The molecule has 2 heterocycles. The van der Waals surface area contributed by atoms with Crippen LogP contribution in [0.5, 0.6) is 0 Å². The Balaban J connectivity index is 1.64. The number of thiophene rings is 1. The van der Waals surface area contributed by atoms with E-state index in [1.54, 1.807) is 36.6 Å². The van der Waals surface area contributed by atoms with Crippen molar-refractivity contribution in [2.24, 2.45) is 0 Å². The van der Waals surface area contributed by atoms with E-state index in [1.165, 1.54) is 17.4 Å². The number of urea groups is 1. The zero-order valence-electron chi connectivity index (χ0n) is 13.4. The van der Waals surface area contributed by atoms with Gasteiger partial charge in [0.1, 0.15) is 17.9 Å². The second-order valence-corrected chi connectivity index (χ2v) is 6.61. The first-order chi connectivity index (χ1) is 11.9. The lowest BCUT2D eigenvalue weighted by Gasteiger charge is -2.20. The van der Waals surface area contributed by atoms with Gasteiger partial charge in [-0.05, 0) is 35.4 Å². The van der Waals surface area contributed by atoms with Crippen LogP contribution in [0.15, 0.2) is 41.1 Å². The van der Waals surface area contributed by atoms with Crippen LogP contribution in [-0.2, 0) is 21.7 Å². The third-order valence-electron chi connectivity index (χ3n) is 4.11. The molecule has 0 aliphatic carbocycles. The number of halogens is 1. The Morgan fingerprint density at radius 3 is 2.76 bits per heavy atom. The van der Waals surface area contributed by atoms with Gasteiger partial charge in [0.2, 0.25) is 5.91 Å². The highest BCUT2D eigenvalue weighted by Crippen LogP contribution is 2.30. The lowest BCUT2D eigenvalue weighted by molar-refractivity contribution is -0.134. The van der Waals surface area contributed by atoms with Gasteiger partial charge in [0.25, 0.3) is 5.91 Å². The summed E-state index contributed by atoms with van der Waals surface area (Å²) in [4.78, 5) is 37.7. The number of hydrogen-bond acceptors (Lipinski definition) is 4. The van der Waals surface area contributed by atoms with Crippen molar-refractivity contribution < 1.29 is 18.8 Å². The minimum atomic E-state index is -1.18. The van der Waals surface area contributed by atoms with Gasteiger partial charge in [0, 0.05) is 12.1 Å². The van der Waals surface area contributed by atoms with E-state index in [0.717, 1.165) is 4.90 Å². The molecule has 6 nitrogen and oxygen atoms in total. The van der Waals surface area contributed by atoms with Crippen molar-refractivity contribution in [2.45, 2.75) is 19.0 Å². The highest BCUT2D eigenvalue weighted by molar-refractivity contribution is 7.08. The molecule has 0 saturated carbocycles. The van der Waals surface area contributed by atoms with Gasteiger partial charge in [-0.15, -0.1) is 0 Å². The summed E-state index contributed by atoms with van der Waals surface area (Å²) in [7, 11) is 0. The minimum Gasteiger partial charge on any atom is -0.350 e. The molecule has 1 atom stereocenters. The van der Waals surface area contributed by atoms with Crippen molar-refractivity contribution in [1.82, 2.24) is 15.5 Å². The topological polar surface area (TPSA) is 78.5 Å². The van der Waals surface area contributed by atoms with Gasteiger partial charge < -0.3 is 10.6 Å². The molecule has 130 valence electrons. The van der Waals surface area contributed by atoms with Crippen LogP contribution in [0.3, 0.4) is 0 Å². The molecule has 1 aromatic carbocycles. The van der Waals surface area contributed by atoms with Crippen LogP contribution in [-0.4, -0.2) is 29.3 Å². The van der Waals surface area contributed by atoms with Gasteiger partial charge in [0.15, 0.2) is 0 Å². The molecule has 1 aliphatic heterocycles. The monoisotopic (exact) mass is 361 g/mol. The summed E-state index contributed by atoms with van der Waals surface area (Å²) in [5, 5.41) is 8.73. The standard InChI is InChI=1S/C17H16FN3O3S/c1-17(12-6-7-25-10-12)15(23)21(16(24)20-17)9-14(22)19-8-11-4-2-3-5-13(11)18/h2-7,10H,8-9H2,1H3,(H,19,22)(H,20,24). The fourth-order valence-electron chi connectivity index (χ4n) is 2.62. The van der Waals surface area contributed by atoms with Gasteiger partial charge in [-0.25, -0.2) is 9.18 Å². The van der Waals surface area contributed by atoms with Crippen molar-refractivity contribution in [3.05, 3.63) is 58.0 Å². The molecule has 2 N–H and O–H groups in total. The predicted molar refractivity (Wildman–Crippen MR) is 90.2 cm³/mol. The molecule has 0 radical (unpaired) electrons. The van der Waals surface area contributed by atoms with Gasteiger partial charge in [-0.1, -0.05) is 18.2 Å². The summed E-state index contributed by atoms with van der Waals surface area (Å²) in [6.07, 6.45) is 0. The first kappa shape index (κ1) is 17.1. The summed E-state index contributed by atoms with van der Waals surface area (Å²) in [6.45, 7) is 1.17. The van der Waals surface area contributed by atoms with Gasteiger partial charge in [0.05, 0.1) is 0 Å². The second kappa shape index (κ2) is 6.64. The minimum absolute atomic E-state index is 0.0169. The molecule has 1 saturated heterocycles. The Kier molecular flexibility index (Phi) is 4.54. The van der Waals surface area contributed by atoms with E-state index < -0.39 is 35.7 Å². The van der Waals surface area contributed by atoms with Crippen LogP contribution >= 0.6 is 11.3 Å². The highest BCUT2D eigenvalue weighted by atomic mass is 32.1. The molecule has 1 aromatic heterocycles. The van der Waals surface area contributed by atoms with Crippen LogP contribution < -0.4 is 10.6 Å². The van der Waals surface area contributed by atoms with Crippen molar-refractivity contribution in [3.8, 4) is 0 Å². The number of amides is 4. The zero-order chi connectivity index (χ0) is 18.0. The average Bonchev–Trinajstić information content (AvgIpc) is 3.19. The fraction of sp³-hybridized carbons (Fsp3) is 0.235. The summed E-state index contributed by atoms with van der Waals surface area (Å²) in [6, 6.07) is 7.19. The first-order valence-corrected chi connectivity index (χ1v) is 8.53. The van der Waals surface area contributed by atoms with E-state index in [4.69, 9.17) is 0 Å². The predicted octanol–water partition coefficient (Wildman–Crippen LogP) is 1.97. The third-order valence-corrected chi connectivity index (χ3v) is 4.79. The normalized spacial score (nSPS) is 19.8. The zero-order valence-corrected chi connectivity index (χ0v) is 14.2. The number of rotatable bonds is 5. The molecule has 4 amide bonds. The molecule has 1 aliphatic rings. The fourth-order valence-corrected chi connectivity index (χ4v) is 3.38. The van der Waals surface area contributed by atoms with E-state index in [1.807, 2.05) is 5.38 Å². The van der Waals surface area contributed by atoms with Crippen LogP contribution in [0, 0.1) is 5.82 Å². The van der Waals surface area contributed by atoms with Gasteiger partial charge in [-0.2, -0.15) is 11.3 Å². The van der Waals surface area contributed by atoms with Crippen LogP contribution in [0.2, 0.25) is 0 Å². The Labute approximate surface area is 147 Å². The lowest BCUT2D eigenvalue weighted by atomic mass is 9.95. The number of imide groups is 1. The molecule has 1 unspecified atom stereocenters. The lowest BCUT2D eigenvalue weighted by Crippen LogP contribution is -2.43. The summed E-state index contributed by atoms with van der Waals surface area (Å²) < 4.78 is 13.5. The third kappa shape index (κ3) is 3.25. The quantitative estimate of drug-likeness (QED) is 0.800. The SMILES string of the molecule is CC1(c2ccsc2)NC(=O)N(CC(=O)NCc2ccccc2F)C1=O. The van der Waals surface area contributed by atoms with Crippen molar-refractivity contribution >= 4 is 29.2 Å². The number of nitrogens with zero attached hydrogens (tertiary/aromatic N) is 1. The van der Waals surface area contributed by atoms with E-state index >= 15 is 0 Å². The maximum absolute atomic E-state index is 13.5. The molecule has 0 spiro atoms. The first-order valence-electron chi connectivity index (χ1n) is 7.58. The molecular weight excluding hydrogens is 345 g/mol. The van der Waals surface area contributed by atoms with E-state index in [9.17, 15) is 18.8 Å². The Morgan fingerprint density at radius 1 is 1.32 bits per heavy atom. The summed E-state index contributed by atoms with van der Waals surface area (Å²) in [5.41, 5.74) is -0.176. The van der Waals surface area contributed by atoms with E-state index in [0.29, 0.717) is 11.1 Å². The number of nitrogens with one attached hydrogen (secondary N) is 2. The highest BCUT2D eigenvalue weighted by Gasteiger charge is 2.49. The summed E-state index contributed by atoms with van der Waals surface area (Å²) >= 11 is 1.41. The van der Waals surface area contributed by atoms with Crippen molar-refractivity contribution in [2.75, 3.05) is 6.54 Å². The van der Waals surface area contributed by atoms with Crippen LogP contribution in [0.4, 0.5) is 9.18 Å². The molecule has 3 rings (SSSR count). The van der Waals surface area contributed by atoms with Crippen LogP contribution in [0.1, 0.15) is 18.1 Å². The Bertz CT molecular complexity index is 824. The van der Waals surface area contributed by atoms with E-state index in [2.05, 4.69) is 10.6 Å². The molecule has 8 heteroatoms. The maximum Gasteiger partial charge on any atom is 0.325 e. The molecule has 1 fully saturated rings. The van der Waals surface area contributed by atoms with Crippen LogP contribution in [0.25, 0.3) is 0 Å². The number of benzene rings is 1. The molecule has 0 bridgehead atoms. The van der Waals surface area contributed by atoms with Gasteiger partial charge >= 0.3 is 6.03 Å². The molecule has 25 heavy (non-hydrogen) atoms. The smallest absolute Gasteiger partial charge is 0.325 e. The van der Waals surface area contributed by atoms with Crippen molar-refractivity contribution in [3.63, 3.8) is 0 Å². The van der Waals surface area contributed by atoms with Crippen molar-refractivity contribution in [1.29, 1.82) is 0 Å². The number of hydrogen-bond donors (Lipinski definition) is 2. The largest absolute Gasteiger partial charge is 0.350 e. The molecular formula is C17H16FN3O3S. The Morgan fingerprint density at radius 2 is 2.08 bits per heavy atom. The number of carbonyl (C=O) groups is 3. The number of carbonyl (C=O) groups excluding carboxylic acids is 3.